The van der Waals surface area contributed by atoms with Gasteiger partial charge < -0.3 is 24.2 Å². The average molecular weight is 1000 g/mol. The maximum Gasteiger partial charge on any atom is 0.472 e. The van der Waals surface area contributed by atoms with Crippen LogP contribution in [0.25, 0.3) is 0 Å². The lowest BCUT2D eigenvalue weighted by molar-refractivity contribution is -0.161. The average Bonchev–Trinajstić information content (AvgIpc) is 3.35. The largest absolute Gasteiger partial charge is 0.472 e. The van der Waals surface area contributed by atoms with Crippen molar-refractivity contribution < 1.29 is 52.2 Å². The molecule has 3 unspecified atom stereocenters. The van der Waals surface area contributed by atoms with Gasteiger partial charge in [0.2, 0.25) is 0 Å². The Bertz CT molecular complexity index is 1500. The number of phosphoric ester groups is 1. The normalized spacial score (nSPS) is 14.1. The van der Waals surface area contributed by atoms with E-state index in [4.69, 9.17) is 23.3 Å². The Kier molecular flexibility index (Phi) is 49.5. The number of hydrogen-bond acceptors (Lipinski definition) is 10. The summed E-state index contributed by atoms with van der Waals surface area (Å²) < 4.78 is 39.4. The summed E-state index contributed by atoms with van der Waals surface area (Å²) in [7, 11) is -4.76. The third kappa shape index (κ3) is 49.6. The van der Waals surface area contributed by atoms with Crippen molar-refractivity contribution in [2.45, 2.75) is 238 Å². The van der Waals surface area contributed by atoms with E-state index in [-0.39, 0.29) is 25.9 Å². The third-order valence-electron chi connectivity index (χ3n) is 11.3. The maximum atomic E-state index is 12.9. The van der Waals surface area contributed by atoms with E-state index in [1.54, 1.807) is 0 Å². The Morgan fingerprint density at radius 1 is 0.414 bits per heavy atom. The number of ether oxygens (including phenoxy) is 3. The second-order valence-corrected chi connectivity index (χ2v) is 19.4. The van der Waals surface area contributed by atoms with Crippen LogP contribution in [0.4, 0.5) is 0 Å². The summed E-state index contributed by atoms with van der Waals surface area (Å²) in [6.07, 6.45) is 58.3. The Hall–Kier alpha value is -3.34. The molecule has 0 aromatic heterocycles. The predicted molar refractivity (Wildman–Crippen MR) is 288 cm³/mol. The number of carbonyl (C=O) groups is 3. The molecule has 11 nitrogen and oxygen atoms in total. The van der Waals surface area contributed by atoms with Crippen LogP contribution in [0.3, 0.4) is 0 Å². The van der Waals surface area contributed by atoms with Gasteiger partial charge in [0.25, 0.3) is 0 Å². The molecule has 0 saturated carbocycles. The standard InChI is InChI=1S/C58H99O11P/c1-4-7-10-13-16-19-22-25-26-27-28-31-34-37-40-43-46-49-58(62)69-55(51-65-56(60)47-44-41-38-35-32-29-23-20-17-14-11-8-5-2)53-67-70(63,64)66-52-54(50-59)68-57(61)48-45-42-39-36-33-30-24-21-18-15-12-9-6-3/h7,9-10,12,16,18-19,21,25-26,28,30-31,33,54-55,59H,4-6,8,11,13-15,17,20,22-24,27,29,32,34-53H2,1-3H3,(H,63,64)/b10-7-,12-9-,19-16-,21-18-,26-25-,31-28-,33-30-. The third-order valence-corrected chi connectivity index (χ3v) is 12.3. The molecule has 0 bridgehead atoms. The fourth-order valence-corrected chi connectivity index (χ4v) is 7.97. The smallest absolute Gasteiger partial charge is 0.462 e. The van der Waals surface area contributed by atoms with Gasteiger partial charge in [-0.15, -0.1) is 0 Å². The van der Waals surface area contributed by atoms with Crippen LogP contribution in [0.1, 0.15) is 226 Å². The molecule has 12 heteroatoms. The molecular formula is C58H99O11P. The van der Waals surface area contributed by atoms with E-state index in [1.807, 2.05) is 0 Å². The fourth-order valence-electron chi connectivity index (χ4n) is 7.18. The summed E-state index contributed by atoms with van der Waals surface area (Å²) in [4.78, 5) is 48.4. The lowest BCUT2D eigenvalue weighted by atomic mass is 10.0. The number of esters is 3. The molecule has 0 spiro atoms. The SMILES string of the molecule is CC/C=C\C/C=C\C/C=C\C/C=C\CCCCCCC(=O)OC(COC(=O)CCCCCCCCCCCCCCC)COP(=O)(O)OCC(CO)OC(=O)CCCCC/C=C\C/C=C\C/C=C\CC. The van der Waals surface area contributed by atoms with Crippen LogP contribution in [-0.4, -0.2) is 66.5 Å². The minimum absolute atomic E-state index is 0.136. The van der Waals surface area contributed by atoms with Gasteiger partial charge in [-0.05, 0) is 89.9 Å². The first-order valence-electron chi connectivity index (χ1n) is 27.5. The summed E-state index contributed by atoms with van der Waals surface area (Å²) in [5, 5.41) is 9.78. The molecule has 0 aromatic rings. The van der Waals surface area contributed by atoms with E-state index in [9.17, 15) is 28.9 Å². The molecule has 0 radical (unpaired) electrons. The molecule has 0 aliphatic rings. The summed E-state index contributed by atoms with van der Waals surface area (Å²) >= 11 is 0. The lowest BCUT2D eigenvalue weighted by Gasteiger charge is -2.21. The zero-order valence-electron chi connectivity index (χ0n) is 44.2. The van der Waals surface area contributed by atoms with Gasteiger partial charge in [-0.2, -0.15) is 0 Å². The van der Waals surface area contributed by atoms with E-state index in [1.165, 1.54) is 57.8 Å². The molecule has 0 saturated heterocycles. The molecule has 3 atom stereocenters. The molecule has 0 aliphatic carbocycles. The van der Waals surface area contributed by atoms with Crippen LogP contribution in [0.15, 0.2) is 85.1 Å². The zero-order valence-corrected chi connectivity index (χ0v) is 45.1. The molecule has 0 aliphatic heterocycles. The highest BCUT2D eigenvalue weighted by Crippen LogP contribution is 2.43. The van der Waals surface area contributed by atoms with Gasteiger partial charge in [-0.1, -0.05) is 202 Å². The molecule has 0 rings (SSSR count). The zero-order chi connectivity index (χ0) is 51.3. The van der Waals surface area contributed by atoms with Crippen molar-refractivity contribution in [2.24, 2.45) is 0 Å². The van der Waals surface area contributed by atoms with E-state index in [0.29, 0.717) is 19.3 Å². The van der Waals surface area contributed by atoms with E-state index in [0.717, 1.165) is 109 Å². The molecular weight excluding hydrogens is 904 g/mol. The quantitative estimate of drug-likeness (QED) is 0.0197. The number of allylic oxidation sites excluding steroid dienone is 14. The highest BCUT2D eigenvalue weighted by molar-refractivity contribution is 7.47. The number of hydrogen-bond donors (Lipinski definition) is 2. The Balaban J connectivity index is 4.80. The number of phosphoric acid groups is 1. The summed E-state index contributed by atoms with van der Waals surface area (Å²) in [6, 6.07) is 0. The molecule has 0 fully saturated rings. The van der Waals surface area contributed by atoms with Crippen molar-refractivity contribution in [3.05, 3.63) is 85.1 Å². The number of rotatable bonds is 50. The van der Waals surface area contributed by atoms with Crippen LogP contribution in [-0.2, 0) is 42.2 Å². The van der Waals surface area contributed by atoms with Crippen molar-refractivity contribution in [3.63, 3.8) is 0 Å². The predicted octanol–water partition coefficient (Wildman–Crippen LogP) is 15.9. The Morgan fingerprint density at radius 2 is 0.743 bits per heavy atom. The molecule has 70 heavy (non-hydrogen) atoms. The molecule has 2 N–H and O–H groups in total. The molecule has 402 valence electrons. The second-order valence-electron chi connectivity index (χ2n) is 18.0. The highest BCUT2D eigenvalue weighted by Gasteiger charge is 2.28. The topological polar surface area (TPSA) is 155 Å². The summed E-state index contributed by atoms with van der Waals surface area (Å²) in [5.41, 5.74) is 0. The summed E-state index contributed by atoms with van der Waals surface area (Å²) in [5.74, 6) is -1.52. The summed E-state index contributed by atoms with van der Waals surface area (Å²) in [6.45, 7) is 4.35. The van der Waals surface area contributed by atoms with Gasteiger partial charge in [0.05, 0.1) is 19.8 Å². The van der Waals surface area contributed by atoms with Crippen molar-refractivity contribution in [1.29, 1.82) is 0 Å². The first-order chi connectivity index (χ1) is 34.2. The van der Waals surface area contributed by atoms with Crippen LogP contribution >= 0.6 is 7.82 Å². The minimum atomic E-state index is -4.76. The van der Waals surface area contributed by atoms with Gasteiger partial charge in [-0.25, -0.2) is 4.57 Å². The molecule has 0 amide bonds. The van der Waals surface area contributed by atoms with E-state index < -0.39 is 57.8 Å². The number of aliphatic hydroxyl groups excluding tert-OH is 1. The van der Waals surface area contributed by atoms with Crippen molar-refractivity contribution in [3.8, 4) is 0 Å². The first kappa shape index (κ1) is 66.7. The number of unbranched alkanes of at least 4 members (excludes halogenated alkanes) is 19. The van der Waals surface area contributed by atoms with Crippen LogP contribution in [0, 0.1) is 0 Å². The van der Waals surface area contributed by atoms with Crippen molar-refractivity contribution in [2.75, 3.05) is 26.4 Å². The lowest BCUT2D eigenvalue weighted by Crippen LogP contribution is -2.30. The molecule has 0 heterocycles. The number of carbonyl (C=O) groups excluding carboxylic acids is 3. The van der Waals surface area contributed by atoms with Gasteiger partial charge in [-0.3, -0.25) is 23.4 Å². The Labute approximate surface area is 426 Å². The minimum Gasteiger partial charge on any atom is -0.462 e. The maximum absolute atomic E-state index is 12.9. The van der Waals surface area contributed by atoms with Gasteiger partial charge >= 0.3 is 25.7 Å². The van der Waals surface area contributed by atoms with Gasteiger partial charge in [0, 0.05) is 19.3 Å². The van der Waals surface area contributed by atoms with Crippen molar-refractivity contribution in [1.82, 2.24) is 0 Å². The first-order valence-corrected chi connectivity index (χ1v) is 29.0. The van der Waals surface area contributed by atoms with Gasteiger partial charge in [0.1, 0.15) is 12.7 Å². The molecule has 0 aromatic carbocycles. The monoisotopic (exact) mass is 1000 g/mol. The Morgan fingerprint density at radius 3 is 1.16 bits per heavy atom. The second kappa shape index (κ2) is 52.0. The van der Waals surface area contributed by atoms with E-state index in [2.05, 4.69) is 106 Å². The highest BCUT2D eigenvalue weighted by atomic mass is 31.2. The van der Waals surface area contributed by atoms with E-state index >= 15 is 0 Å². The van der Waals surface area contributed by atoms with Crippen molar-refractivity contribution >= 4 is 25.7 Å². The van der Waals surface area contributed by atoms with Gasteiger partial charge in [0.15, 0.2) is 6.10 Å². The van der Waals surface area contributed by atoms with Crippen LogP contribution in [0.5, 0.6) is 0 Å². The van der Waals surface area contributed by atoms with Crippen LogP contribution < -0.4 is 0 Å². The van der Waals surface area contributed by atoms with Crippen LogP contribution in [0.2, 0.25) is 0 Å². The fraction of sp³-hybridized carbons (Fsp3) is 0.707. The number of aliphatic hydroxyl groups is 1.